The fraction of sp³-hybridized carbons (Fsp3) is 0. The van der Waals surface area contributed by atoms with Crippen molar-refractivity contribution < 1.29 is 0 Å². The quantitative estimate of drug-likeness (QED) is 0.248. The molecule has 0 atom stereocenters. The molecular weight excluding hydrogens is 442 g/mol. The second kappa shape index (κ2) is 6.38. The topological polar surface area (TPSA) is 30.7 Å². The van der Waals surface area contributed by atoms with Crippen LogP contribution >= 0.6 is 22.7 Å². The van der Waals surface area contributed by atoms with Crippen molar-refractivity contribution in [2.75, 3.05) is 0 Å². The van der Waals surface area contributed by atoms with Crippen LogP contribution in [0.4, 0.5) is 0 Å². The average Bonchev–Trinajstić information content (AvgIpc) is 3.53. The van der Waals surface area contributed by atoms with E-state index in [4.69, 9.17) is 9.97 Å². The van der Waals surface area contributed by atoms with Gasteiger partial charge in [0.2, 0.25) is 0 Å². The highest BCUT2D eigenvalue weighted by molar-refractivity contribution is 7.28. The van der Waals surface area contributed by atoms with Crippen molar-refractivity contribution in [2.45, 2.75) is 0 Å². The van der Waals surface area contributed by atoms with Gasteiger partial charge in [0.05, 0.1) is 21.3 Å². The minimum Gasteiger partial charge on any atom is -0.292 e. The lowest BCUT2D eigenvalue weighted by molar-refractivity contribution is 1.08. The monoisotopic (exact) mass is 457 g/mol. The Morgan fingerprint density at radius 1 is 0.545 bits per heavy atom. The molecule has 5 heteroatoms. The third-order valence-corrected chi connectivity index (χ3v) is 8.81. The van der Waals surface area contributed by atoms with Gasteiger partial charge in [0, 0.05) is 41.0 Å². The summed E-state index contributed by atoms with van der Waals surface area (Å²) in [4.78, 5) is 9.67. The summed E-state index contributed by atoms with van der Waals surface area (Å²) in [6, 6.07) is 30.3. The van der Waals surface area contributed by atoms with Crippen molar-refractivity contribution in [1.82, 2.24) is 14.5 Å². The standard InChI is InChI=1S/C28H15N3S2/c1-4-10-19-16(7-1)17-8-2-5-11-20(17)31(19)28-27-26(29-15-30-28)25-23(33-27)14-13-22-24(25)18-9-3-6-12-21(18)32-22/h1-15H. The summed E-state index contributed by atoms with van der Waals surface area (Å²) >= 11 is 3.64. The molecule has 4 heterocycles. The van der Waals surface area contributed by atoms with Crippen LogP contribution in [0.25, 0.3) is 68.1 Å². The molecule has 0 saturated heterocycles. The van der Waals surface area contributed by atoms with Crippen LogP contribution in [0.1, 0.15) is 0 Å². The second-order valence-electron chi connectivity index (χ2n) is 8.26. The normalized spacial score (nSPS) is 12.2. The van der Waals surface area contributed by atoms with Crippen LogP contribution in [-0.2, 0) is 0 Å². The zero-order chi connectivity index (χ0) is 21.5. The second-order valence-corrected chi connectivity index (χ2v) is 10.4. The van der Waals surface area contributed by atoms with Gasteiger partial charge < -0.3 is 0 Å². The summed E-state index contributed by atoms with van der Waals surface area (Å²) in [6.45, 7) is 0. The van der Waals surface area contributed by atoms with E-state index in [2.05, 4.69) is 89.5 Å². The molecule has 8 rings (SSSR count). The van der Waals surface area contributed by atoms with Crippen molar-refractivity contribution in [1.29, 1.82) is 0 Å². The summed E-state index contributed by atoms with van der Waals surface area (Å²) in [5.74, 6) is 0.950. The highest BCUT2D eigenvalue weighted by atomic mass is 32.1. The first kappa shape index (κ1) is 17.7. The van der Waals surface area contributed by atoms with Crippen molar-refractivity contribution in [3.8, 4) is 5.82 Å². The average molecular weight is 458 g/mol. The highest BCUT2D eigenvalue weighted by Crippen LogP contribution is 2.45. The number of benzene rings is 4. The number of rotatable bonds is 1. The molecule has 0 bridgehead atoms. The van der Waals surface area contributed by atoms with E-state index in [9.17, 15) is 0 Å². The molecule has 33 heavy (non-hydrogen) atoms. The Morgan fingerprint density at radius 2 is 1.18 bits per heavy atom. The van der Waals surface area contributed by atoms with E-state index in [-0.39, 0.29) is 0 Å². The van der Waals surface area contributed by atoms with Crippen molar-refractivity contribution >= 4 is 85.0 Å². The van der Waals surface area contributed by atoms with E-state index in [0.717, 1.165) is 16.0 Å². The zero-order valence-corrected chi connectivity index (χ0v) is 19.0. The summed E-state index contributed by atoms with van der Waals surface area (Å²) in [5, 5.41) is 6.35. The Bertz CT molecular complexity index is 1990. The van der Waals surface area contributed by atoms with Gasteiger partial charge in [0.25, 0.3) is 0 Å². The number of para-hydroxylation sites is 2. The maximum atomic E-state index is 4.84. The predicted octanol–water partition coefficient (Wildman–Crippen LogP) is 8.31. The van der Waals surface area contributed by atoms with E-state index in [0.29, 0.717) is 0 Å². The first-order valence-corrected chi connectivity index (χ1v) is 12.5. The Labute approximate surface area is 196 Å². The zero-order valence-electron chi connectivity index (χ0n) is 17.3. The van der Waals surface area contributed by atoms with Crippen LogP contribution in [0.5, 0.6) is 0 Å². The Hall–Kier alpha value is -3.80. The van der Waals surface area contributed by atoms with Crippen LogP contribution in [-0.4, -0.2) is 14.5 Å². The number of aromatic nitrogens is 3. The third kappa shape index (κ3) is 2.28. The van der Waals surface area contributed by atoms with E-state index >= 15 is 0 Å². The van der Waals surface area contributed by atoms with Gasteiger partial charge >= 0.3 is 0 Å². The van der Waals surface area contributed by atoms with Gasteiger partial charge in [0.15, 0.2) is 5.82 Å². The number of nitrogens with zero attached hydrogens (tertiary/aromatic N) is 3. The molecule has 0 unspecified atom stereocenters. The minimum absolute atomic E-state index is 0.950. The van der Waals surface area contributed by atoms with Crippen LogP contribution in [0.2, 0.25) is 0 Å². The van der Waals surface area contributed by atoms with Gasteiger partial charge in [-0.25, -0.2) is 9.97 Å². The Balaban J connectivity index is 1.57. The van der Waals surface area contributed by atoms with Gasteiger partial charge in [-0.2, -0.15) is 0 Å². The predicted molar refractivity (Wildman–Crippen MR) is 142 cm³/mol. The van der Waals surface area contributed by atoms with E-state index < -0.39 is 0 Å². The molecule has 0 aliphatic carbocycles. The van der Waals surface area contributed by atoms with Gasteiger partial charge in [0.1, 0.15) is 6.33 Å². The summed E-state index contributed by atoms with van der Waals surface area (Å²) in [5.41, 5.74) is 3.38. The Morgan fingerprint density at radius 3 is 1.94 bits per heavy atom. The first-order chi connectivity index (χ1) is 16.4. The fourth-order valence-corrected chi connectivity index (χ4v) is 7.43. The maximum absolute atomic E-state index is 4.84. The molecule has 0 spiro atoms. The van der Waals surface area contributed by atoms with E-state index in [1.54, 1.807) is 17.7 Å². The number of fused-ring (bicyclic) bond motifs is 10. The largest absolute Gasteiger partial charge is 0.292 e. The molecule has 4 aromatic carbocycles. The molecule has 0 fully saturated rings. The van der Waals surface area contributed by atoms with Crippen molar-refractivity contribution in [3.63, 3.8) is 0 Å². The fourth-order valence-electron chi connectivity index (χ4n) is 5.17. The SMILES string of the molecule is c1ccc2c(c1)sc1ccc3sc4c(-n5c6ccccc6c6ccccc65)ncnc4c3c12. The van der Waals surface area contributed by atoms with Crippen LogP contribution in [0.15, 0.2) is 91.3 Å². The summed E-state index contributed by atoms with van der Waals surface area (Å²) in [7, 11) is 0. The lowest BCUT2D eigenvalue weighted by Crippen LogP contribution is -1.98. The molecule has 0 aliphatic heterocycles. The van der Waals surface area contributed by atoms with Crippen LogP contribution < -0.4 is 0 Å². The maximum Gasteiger partial charge on any atom is 0.159 e. The van der Waals surface area contributed by atoms with E-state index in [1.165, 1.54) is 52.1 Å². The van der Waals surface area contributed by atoms with Gasteiger partial charge in [-0.1, -0.05) is 54.6 Å². The number of hydrogen-bond acceptors (Lipinski definition) is 4. The molecule has 0 N–H and O–H groups in total. The third-order valence-electron chi connectivity index (χ3n) is 6.53. The molecule has 4 aromatic heterocycles. The van der Waals surface area contributed by atoms with Gasteiger partial charge in [-0.15, -0.1) is 22.7 Å². The van der Waals surface area contributed by atoms with Gasteiger partial charge in [-0.3, -0.25) is 4.57 Å². The summed E-state index contributed by atoms with van der Waals surface area (Å²) < 4.78 is 7.30. The molecular formula is C28H15N3S2. The lowest BCUT2D eigenvalue weighted by atomic mass is 10.1. The highest BCUT2D eigenvalue weighted by Gasteiger charge is 2.20. The molecule has 0 amide bonds. The number of hydrogen-bond donors (Lipinski definition) is 0. The molecule has 3 nitrogen and oxygen atoms in total. The van der Waals surface area contributed by atoms with Crippen molar-refractivity contribution in [3.05, 3.63) is 91.3 Å². The first-order valence-electron chi connectivity index (χ1n) is 10.8. The summed E-state index contributed by atoms with van der Waals surface area (Å²) in [6.07, 6.45) is 1.72. The van der Waals surface area contributed by atoms with Crippen molar-refractivity contribution in [2.24, 2.45) is 0 Å². The van der Waals surface area contributed by atoms with Gasteiger partial charge in [-0.05, 0) is 30.3 Å². The molecule has 8 aromatic rings. The molecule has 0 radical (unpaired) electrons. The molecule has 0 saturated carbocycles. The molecule has 0 aliphatic rings. The smallest absolute Gasteiger partial charge is 0.159 e. The van der Waals surface area contributed by atoms with Crippen LogP contribution in [0.3, 0.4) is 0 Å². The number of thiophene rings is 2. The van der Waals surface area contributed by atoms with E-state index in [1.807, 2.05) is 11.3 Å². The lowest BCUT2D eigenvalue weighted by Gasteiger charge is -2.07. The minimum atomic E-state index is 0.950. The molecule has 154 valence electrons. The van der Waals surface area contributed by atoms with Crippen LogP contribution in [0, 0.1) is 0 Å². The Kier molecular flexibility index (Phi) is 3.42.